The molecule has 5 heteroatoms. The second-order valence-electron chi connectivity index (χ2n) is 5.40. The zero-order valence-electron chi connectivity index (χ0n) is 13.6. The maximum Gasteiger partial charge on any atom is 0.255 e. The van der Waals surface area contributed by atoms with Crippen LogP contribution >= 0.6 is 0 Å². The highest BCUT2D eigenvalue weighted by molar-refractivity contribution is 6.04. The van der Waals surface area contributed by atoms with Crippen LogP contribution in [0.2, 0.25) is 0 Å². The summed E-state index contributed by atoms with van der Waals surface area (Å²) >= 11 is 0. The van der Waals surface area contributed by atoms with Gasteiger partial charge in [-0.3, -0.25) is 4.79 Å². The van der Waals surface area contributed by atoms with Crippen LogP contribution in [0.3, 0.4) is 0 Å². The summed E-state index contributed by atoms with van der Waals surface area (Å²) in [6, 6.07) is 20.3. The third-order valence-electron chi connectivity index (χ3n) is 3.61. The summed E-state index contributed by atoms with van der Waals surface area (Å²) in [7, 11) is 1.58. The Kier molecular flexibility index (Phi) is 4.95. The first kappa shape index (κ1) is 16.5. The summed E-state index contributed by atoms with van der Waals surface area (Å²) in [6.45, 7) is 0. The minimum absolute atomic E-state index is 0.200. The van der Waals surface area contributed by atoms with Crippen molar-refractivity contribution < 1.29 is 13.9 Å². The second kappa shape index (κ2) is 7.49. The third kappa shape index (κ3) is 4.35. The fraction of sp³-hybridized carbons (Fsp3) is 0.0500. The average molecular weight is 336 g/mol. The minimum atomic E-state index is -0.298. The number of benzene rings is 3. The van der Waals surface area contributed by atoms with Crippen LogP contribution in [0.4, 0.5) is 21.5 Å². The number of carbonyl (C=O) groups excluding carboxylic acids is 1. The van der Waals surface area contributed by atoms with Crippen molar-refractivity contribution in [2.24, 2.45) is 0 Å². The van der Waals surface area contributed by atoms with E-state index in [0.29, 0.717) is 22.7 Å². The molecular formula is C20H17FN2O2. The lowest BCUT2D eigenvalue weighted by Crippen LogP contribution is -2.11. The van der Waals surface area contributed by atoms with Crippen LogP contribution in [0.25, 0.3) is 0 Å². The third-order valence-corrected chi connectivity index (χ3v) is 3.61. The number of rotatable bonds is 5. The van der Waals surface area contributed by atoms with Crippen molar-refractivity contribution in [1.82, 2.24) is 0 Å². The van der Waals surface area contributed by atoms with E-state index < -0.39 is 0 Å². The maximum absolute atomic E-state index is 13.2. The molecule has 0 saturated heterocycles. The van der Waals surface area contributed by atoms with E-state index >= 15 is 0 Å². The molecule has 0 fully saturated rings. The summed E-state index contributed by atoms with van der Waals surface area (Å²) in [4.78, 5) is 12.2. The monoisotopic (exact) mass is 336 g/mol. The molecule has 0 heterocycles. The molecule has 0 atom stereocenters. The van der Waals surface area contributed by atoms with Crippen molar-refractivity contribution >= 4 is 23.0 Å². The highest BCUT2D eigenvalue weighted by atomic mass is 19.1. The van der Waals surface area contributed by atoms with Gasteiger partial charge in [0.1, 0.15) is 11.6 Å². The van der Waals surface area contributed by atoms with E-state index in [1.54, 1.807) is 55.6 Å². The van der Waals surface area contributed by atoms with Gasteiger partial charge < -0.3 is 15.4 Å². The number of anilines is 3. The van der Waals surface area contributed by atoms with E-state index in [4.69, 9.17) is 4.74 Å². The molecule has 0 aliphatic heterocycles. The van der Waals surface area contributed by atoms with E-state index in [2.05, 4.69) is 10.6 Å². The first-order valence-electron chi connectivity index (χ1n) is 7.72. The molecule has 1 amide bonds. The summed E-state index contributed by atoms with van der Waals surface area (Å²) in [5.41, 5.74) is 2.68. The summed E-state index contributed by atoms with van der Waals surface area (Å²) < 4.78 is 18.3. The molecule has 0 spiro atoms. The minimum Gasteiger partial charge on any atom is -0.497 e. The van der Waals surface area contributed by atoms with Crippen LogP contribution in [0, 0.1) is 5.82 Å². The van der Waals surface area contributed by atoms with Crippen LogP contribution < -0.4 is 15.4 Å². The topological polar surface area (TPSA) is 50.4 Å². The Balaban J connectivity index is 1.64. The Morgan fingerprint density at radius 1 is 0.880 bits per heavy atom. The molecule has 126 valence electrons. The fourth-order valence-electron chi connectivity index (χ4n) is 2.32. The molecule has 2 N–H and O–H groups in total. The van der Waals surface area contributed by atoms with Crippen molar-refractivity contribution in [2.45, 2.75) is 0 Å². The van der Waals surface area contributed by atoms with Gasteiger partial charge >= 0.3 is 0 Å². The predicted octanol–water partition coefficient (Wildman–Crippen LogP) is 4.83. The lowest BCUT2D eigenvalue weighted by atomic mass is 10.2. The van der Waals surface area contributed by atoms with Gasteiger partial charge in [-0.05, 0) is 66.7 Å². The molecule has 0 saturated carbocycles. The van der Waals surface area contributed by atoms with Crippen LogP contribution in [-0.2, 0) is 0 Å². The molecular weight excluding hydrogens is 319 g/mol. The second-order valence-corrected chi connectivity index (χ2v) is 5.40. The number of carbonyl (C=O) groups is 1. The van der Waals surface area contributed by atoms with Crippen molar-refractivity contribution in [2.75, 3.05) is 17.7 Å². The van der Waals surface area contributed by atoms with Gasteiger partial charge in [0.05, 0.1) is 7.11 Å². The first-order valence-corrected chi connectivity index (χ1v) is 7.72. The number of nitrogens with one attached hydrogen (secondary N) is 2. The van der Waals surface area contributed by atoms with Crippen LogP contribution in [0.1, 0.15) is 10.4 Å². The van der Waals surface area contributed by atoms with E-state index in [1.807, 2.05) is 12.1 Å². The Bertz CT molecular complexity index is 862. The lowest BCUT2D eigenvalue weighted by Gasteiger charge is -2.09. The number of ether oxygens (including phenoxy) is 1. The molecule has 0 bridgehead atoms. The maximum atomic E-state index is 13.2. The number of hydrogen-bond donors (Lipinski definition) is 2. The Labute approximate surface area is 145 Å². The normalized spacial score (nSPS) is 10.2. The molecule has 3 aromatic rings. The Morgan fingerprint density at radius 2 is 1.56 bits per heavy atom. The molecule has 0 aromatic heterocycles. The molecule has 25 heavy (non-hydrogen) atoms. The van der Waals surface area contributed by atoms with E-state index in [-0.39, 0.29) is 11.7 Å². The van der Waals surface area contributed by atoms with Crippen LogP contribution in [-0.4, -0.2) is 13.0 Å². The molecule has 0 aliphatic rings. The molecule has 4 nitrogen and oxygen atoms in total. The van der Waals surface area contributed by atoms with Gasteiger partial charge in [-0.1, -0.05) is 6.07 Å². The van der Waals surface area contributed by atoms with E-state index in [1.165, 1.54) is 12.1 Å². The fourth-order valence-corrected chi connectivity index (χ4v) is 2.32. The quantitative estimate of drug-likeness (QED) is 0.701. The van der Waals surface area contributed by atoms with Crippen molar-refractivity contribution in [3.63, 3.8) is 0 Å². The van der Waals surface area contributed by atoms with Crippen molar-refractivity contribution in [1.29, 1.82) is 0 Å². The van der Waals surface area contributed by atoms with Crippen molar-refractivity contribution in [3.8, 4) is 5.75 Å². The van der Waals surface area contributed by atoms with Crippen LogP contribution in [0.5, 0.6) is 5.75 Å². The highest BCUT2D eigenvalue weighted by Crippen LogP contribution is 2.20. The number of methoxy groups -OCH3 is 1. The zero-order chi connectivity index (χ0) is 17.6. The SMILES string of the molecule is COc1ccc(C(=O)Nc2ccc(Nc3cccc(F)c3)cc2)cc1. The molecule has 0 aliphatic carbocycles. The Morgan fingerprint density at radius 3 is 2.20 bits per heavy atom. The van der Waals surface area contributed by atoms with E-state index in [0.717, 1.165) is 5.69 Å². The zero-order valence-corrected chi connectivity index (χ0v) is 13.6. The standard InChI is InChI=1S/C20H17FN2O2/c1-25-19-11-5-14(6-12-19)20(24)23-17-9-7-16(8-10-17)22-18-4-2-3-15(21)13-18/h2-13,22H,1H3,(H,23,24). The summed E-state index contributed by atoms with van der Waals surface area (Å²) in [5.74, 6) is 0.200. The highest BCUT2D eigenvalue weighted by Gasteiger charge is 2.06. The largest absolute Gasteiger partial charge is 0.497 e. The van der Waals surface area contributed by atoms with Gasteiger partial charge in [0.15, 0.2) is 0 Å². The molecule has 0 unspecified atom stereocenters. The summed E-state index contributed by atoms with van der Waals surface area (Å²) in [5, 5.41) is 5.93. The lowest BCUT2D eigenvalue weighted by molar-refractivity contribution is 0.102. The molecule has 0 radical (unpaired) electrons. The van der Waals surface area contributed by atoms with Gasteiger partial charge in [-0.15, -0.1) is 0 Å². The number of hydrogen-bond acceptors (Lipinski definition) is 3. The van der Waals surface area contributed by atoms with Gasteiger partial charge in [-0.2, -0.15) is 0 Å². The number of halogens is 1. The van der Waals surface area contributed by atoms with Crippen LogP contribution in [0.15, 0.2) is 72.8 Å². The molecule has 3 aromatic carbocycles. The van der Waals surface area contributed by atoms with Gasteiger partial charge in [0.2, 0.25) is 0 Å². The Hall–Kier alpha value is -3.34. The molecule has 3 rings (SSSR count). The number of amides is 1. The van der Waals surface area contributed by atoms with E-state index in [9.17, 15) is 9.18 Å². The first-order chi connectivity index (χ1) is 12.1. The van der Waals surface area contributed by atoms with Gasteiger partial charge in [0.25, 0.3) is 5.91 Å². The predicted molar refractivity (Wildman–Crippen MR) is 97.1 cm³/mol. The van der Waals surface area contributed by atoms with Gasteiger partial charge in [-0.25, -0.2) is 4.39 Å². The average Bonchev–Trinajstić information content (AvgIpc) is 2.63. The van der Waals surface area contributed by atoms with Gasteiger partial charge in [0, 0.05) is 22.6 Å². The van der Waals surface area contributed by atoms with Crippen molar-refractivity contribution in [3.05, 3.63) is 84.2 Å². The summed E-state index contributed by atoms with van der Waals surface area (Å²) in [6.07, 6.45) is 0. The smallest absolute Gasteiger partial charge is 0.255 e.